The van der Waals surface area contributed by atoms with Crippen LogP contribution in [0.15, 0.2) is 34.0 Å². The fourth-order valence-electron chi connectivity index (χ4n) is 3.05. The Morgan fingerprint density at radius 1 is 1.28 bits per heavy atom. The monoisotopic (exact) mass is 415 g/mol. The van der Waals surface area contributed by atoms with Crippen LogP contribution in [0.5, 0.6) is 0 Å². The average molecular weight is 416 g/mol. The highest BCUT2D eigenvalue weighted by atomic mass is 35.5. The van der Waals surface area contributed by atoms with E-state index in [9.17, 15) is 4.79 Å². The minimum absolute atomic E-state index is 0.00124. The molecule has 1 saturated heterocycles. The van der Waals surface area contributed by atoms with E-state index < -0.39 is 5.91 Å². The Hall–Kier alpha value is -3.31. The smallest absolute Gasteiger partial charge is 0.292 e. The van der Waals surface area contributed by atoms with Crippen molar-refractivity contribution < 1.29 is 9.42 Å². The molecule has 2 aromatic heterocycles. The van der Waals surface area contributed by atoms with Crippen molar-refractivity contribution >= 4 is 29.5 Å². The summed E-state index contributed by atoms with van der Waals surface area (Å²) in [6.45, 7) is 2.36. The van der Waals surface area contributed by atoms with Crippen molar-refractivity contribution in [2.24, 2.45) is 5.10 Å². The number of hydrogen-bond donors (Lipinski definition) is 2. The van der Waals surface area contributed by atoms with Gasteiger partial charge in [0.2, 0.25) is 11.6 Å². The molecular weight excluding hydrogens is 398 g/mol. The molecule has 0 bridgehead atoms. The lowest BCUT2D eigenvalue weighted by molar-refractivity contribution is 0.0945. The Bertz CT molecular complexity index is 1020. The maximum atomic E-state index is 12.9. The van der Waals surface area contributed by atoms with Gasteiger partial charge in [-0.1, -0.05) is 28.9 Å². The fraction of sp³-hybridized carbons (Fsp3) is 0.294. The van der Waals surface area contributed by atoms with Crippen LogP contribution in [0.2, 0.25) is 5.02 Å². The largest absolute Gasteiger partial charge is 0.378 e. The minimum Gasteiger partial charge on any atom is -0.378 e. The van der Waals surface area contributed by atoms with E-state index in [0.717, 1.165) is 31.5 Å². The first kappa shape index (κ1) is 19.0. The number of likely N-dealkylation sites (tertiary alicyclic amines) is 1. The van der Waals surface area contributed by atoms with E-state index in [4.69, 9.17) is 17.3 Å². The van der Waals surface area contributed by atoms with E-state index in [2.05, 4.69) is 40.7 Å². The van der Waals surface area contributed by atoms with Gasteiger partial charge in [-0.25, -0.2) is 10.1 Å². The van der Waals surface area contributed by atoms with Crippen LogP contribution in [0.3, 0.4) is 0 Å². The van der Waals surface area contributed by atoms with Crippen LogP contribution in [0.25, 0.3) is 5.82 Å². The molecule has 12 heteroatoms. The van der Waals surface area contributed by atoms with Crippen LogP contribution < -0.4 is 11.2 Å². The second-order valence-electron chi connectivity index (χ2n) is 6.50. The number of anilines is 1. The van der Waals surface area contributed by atoms with Gasteiger partial charge in [-0.2, -0.15) is 9.78 Å². The van der Waals surface area contributed by atoms with Gasteiger partial charge in [-0.05, 0) is 53.9 Å². The predicted molar refractivity (Wildman–Crippen MR) is 105 cm³/mol. The van der Waals surface area contributed by atoms with Crippen LogP contribution in [-0.4, -0.2) is 55.4 Å². The Morgan fingerprint density at radius 2 is 2.03 bits per heavy atom. The molecule has 3 N–H and O–H groups in total. The average Bonchev–Trinajstić information content (AvgIpc) is 3.45. The van der Waals surface area contributed by atoms with Crippen LogP contribution in [0.4, 0.5) is 5.82 Å². The summed E-state index contributed by atoms with van der Waals surface area (Å²) in [5, 5.41) is 20.1. The summed E-state index contributed by atoms with van der Waals surface area (Å²) in [4.78, 5) is 15.1. The van der Waals surface area contributed by atoms with Gasteiger partial charge >= 0.3 is 0 Å². The number of nitrogens with two attached hydrogens (primary N) is 1. The minimum atomic E-state index is -0.503. The quantitative estimate of drug-likeness (QED) is 0.452. The van der Waals surface area contributed by atoms with Crippen LogP contribution in [0.1, 0.15) is 34.6 Å². The van der Waals surface area contributed by atoms with Crippen molar-refractivity contribution in [2.75, 3.05) is 18.8 Å². The van der Waals surface area contributed by atoms with E-state index in [1.807, 2.05) is 0 Å². The number of rotatable bonds is 6. The molecule has 4 rings (SSSR count). The summed E-state index contributed by atoms with van der Waals surface area (Å²) in [7, 11) is 0. The standard InChI is InChI=1S/C17H18ClN9O2/c18-12-5-3-11(4-6-12)9-20-22-17(28)14-13(10-26-7-1-2-8-26)21-25-27(14)16-15(19)23-29-24-16/h3-6,9H,1-2,7-8,10H2,(H2,19,23)(H,22,28)/b20-9+. The van der Waals surface area contributed by atoms with Crippen LogP contribution in [0, 0.1) is 0 Å². The first-order valence-electron chi connectivity index (χ1n) is 8.96. The number of nitrogens with zero attached hydrogens (tertiary/aromatic N) is 7. The number of hydrazone groups is 1. The fourth-order valence-corrected chi connectivity index (χ4v) is 3.18. The molecule has 0 aliphatic carbocycles. The molecule has 0 radical (unpaired) electrons. The third-order valence-electron chi connectivity index (χ3n) is 4.47. The van der Waals surface area contributed by atoms with Gasteiger partial charge < -0.3 is 5.73 Å². The van der Waals surface area contributed by atoms with Crippen molar-refractivity contribution in [3.63, 3.8) is 0 Å². The zero-order valence-electron chi connectivity index (χ0n) is 15.3. The third-order valence-corrected chi connectivity index (χ3v) is 4.73. The van der Waals surface area contributed by atoms with Gasteiger partial charge in [0.1, 0.15) is 5.69 Å². The van der Waals surface area contributed by atoms with Crippen molar-refractivity contribution in [1.82, 2.24) is 35.6 Å². The van der Waals surface area contributed by atoms with E-state index in [1.165, 1.54) is 10.9 Å². The molecule has 0 atom stereocenters. The number of benzene rings is 1. The number of carbonyl (C=O) groups is 1. The number of carbonyl (C=O) groups excluding carboxylic acids is 1. The van der Waals surface area contributed by atoms with Gasteiger partial charge in [0.05, 0.1) is 6.21 Å². The maximum Gasteiger partial charge on any atom is 0.292 e. The molecule has 11 nitrogen and oxygen atoms in total. The zero-order valence-corrected chi connectivity index (χ0v) is 16.1. The SMILES string of the molecule is Nc1nonc1-n1nnc(CN2CCCC2)c1C(=O)N/N=C/c1ccc(Cl)cc1. The van der Waals surface area contributed by atoms with Crippen molar-refractivity contribution in [1.29, 1.82) is 0 Å². The van der Waals surface area contributed by atoms with E-state index >= 15 is 0 Å². The van der Waals surface area contributed by atoms with Crippen molar-refractivity contribution in [3.8, 4) is 5.82 Å². The van der Waals surface area contributed by atoms with Gasteiger partial charge in [0.25, 0.3) is 5.91 Å². The molecule has 1 aliphatic heterocycles. The molecule has 0 saturated carbocycles. The number of hydrogen-bond acceptors (Lipinski definition) is 9. The Kier molecular flexibility index (Phi) is 5.49. The normalized spacial score (nSPS) is 14.7. The first-order chi connectivity index (χ1) is 14.1. The number of nitrogen functional groups attached to an aromatic ring is 1. The topological polar surface area (TPSA) is 140 Å². The van der Waals surface area contributed by atoms with Crippen molar-refractivity contribution in [3.05, 3.63) is 46.2 Å². The van der Waals surface area contributed by atoms with E-state index in [0.29, 0.717) is 17.3 Å². The third kappa shape index (κ3) is 4.25. The molecule has 1 fully saturated rings. The Labute approximate surface area is 170 Å². The molecule has 0 unspecified atom stereocenters. The van der Waals surface area contributed by atoms with Gasteiger partial charge in [0.15, 0.2) is 5.69 Å². The summed E-state index contributed by atoms with van der Waals surface area (Å²) in [6.07, 6.45) is 3.73. The number of amides is 1. The van der Waals surface area contributed by atoms with Gasteiger partial charge in [-0.15, -0.1) is 5.10 Å². The maximum absolute atomic E-state index is 12.9. The highest BCUT2D eigenvalue weighted by Crippen LogP contribution is 2.19. The van der Waals surface area contributed by atoms with E-state index in [-0.39, 0.29) is 17.3 Å². The lowest BCUT2D eigenvalue weighted by Crippen LogP contribution is -2.26. The van der Waals surface area contributed by atoms with E-state index in [1.54, 1.807) is 24.3 Å². The summed E-state index contributed by atoms with van der Waals surface area (Å²) in [6, 6.07) is 7.03. The summed E-state index contributed by atoms with van der Waals surface area (Å²) >= 11 is 5.87. The van der Waals surface area contributed by atoms with Crippen molar-refractivity contribution in [2.45, 2.75) is 19.4 Å². The molecular formula is C17H18ClN9O2. The molecule has 3 aromatic rings. The highest BCUT2D eigenvalue weighted by molar-refractivity contribution is 6.30. The number of halogens is 1. The zero-order chi connectivity index (χ0) is 20.2. The summed E-state index contributed by atoms with van der Waals surface area (Å²) in [5.41, 5.74) is 9.71. The molecule has 0 spiro atoms. The lowest BCUT2D eigenvalue weighted by Gasteiger charge is -2.13. The first-order valence-corrected chi connectivity index (χ1v) is 9.34. The predicted octanol–water partition coefficient (Wildman–Crippen LogP) is 1.25. The number of aromatic nitrogens is 5. The summed E-state index contributed by atoms with van der Waals surface area (Å²) < 4.78 is 5.84. The van der Waals surface area contributed by atoms with Gasteiger partial charge in [-0.3, -0.25) is 9.69 Å². The van der Waals surface area contributed by atoms with Gasteiger partial charge in [0, 0.05) is 11.6 Å². The molecule has 1 aromatic carbocycles. The molecule has 3 heterocycles. The molecule has 150 valence electrons. The molecule has 29 heavy (non-hydrogen) atoms. The highest BCUT2D eigenvalue weighted by Gasteiger charge is 2.26. The lowest BCUT2D eigenvalue weighted by atomic mass is 10.2. The Morgan fingerprint density at radius 3 is 2.72 bits per heavy atom. The second kappa shape index (κ2) is 8.37. The molecule has 1 aliphatic rings. The molecule has 1 amide bonds. The Balaban J connectivity index is 1.58. The summed E-state index contributed by atoms with van der Waals surface area (Å²) in [5.74, 6) is -0.407. The van der Waals surface area contributed by atoms with Crippen LogP contribution in [-0.2, 0) is 6.54 Å². The second-order valence-corrected chi connectivity index (χ2v) is 6.94. The number of nitrogens with one attached hydrogen (secondary N) is 1. The van der Waals surface area contributed by atoms with Crippen LogP contribution >= 0.6 is 11.6 Å².